The summed E-state index contributed by atoms with van der Waals surface area (Å²) in [7, 11) is 0. The van der Waals surface area contributed by atoms with E-state index in [1.54, 1.807) is 23.3 Å². The van der Waals surface area contributed by atoms with Crippen LogP contribution in [0.2, 0.25) is 5.02 Å². The highest BCUT2D eigenvalue weighted by molar-refractivity contribution is 6.35. The highest BCUT2D eigenvalue weighted by Crippen LogP contribution is 2.29. The minimum atomic E-state index is 0.350. The van der Waals surface area contributed by atoms with E-state index in [0.29, 0.717) is 29.0 Å². The standard InChI is InChI=1S/C14H9ClN6O/c15-11-3-1-2-10-9(11)4-5-16-13(10)14-18-12(19-22-14)8-21-7-6-17-20-21/h1-7H,8H2. The molecule has 0 N–H and O–H groups in total. The van der Waals surface area contributed by atoms with Crippen LogP contribution in [0, 0.1) is 0 Å². The molecule has 3 aromatic heterocycles. The monoisotopic (exact) mass is 312 g/mol. The molecule has 4 aromatic rings. The number of rotatable bonds is 3. The molecule has 3 heterocycles. The summed E-state index contributed by atoms with van der Waals surface area (Å²) in [5.41, 5.74) is 0.609. The Balaban J connectivity index is 1.76. The molecule has 0 amide bonds. The molecule has 0 spiro atoms. The third-order valence-electron chi connectivity index (χ3n) is 3.20. The molecule has 7 nitrogen and oxygen atoms in total. The van der Waals surface area contributed by atoms with Crippen LogP contribution in [-0.2, 0) is 6.54 Å². The second-order valence-electron chi connectivity index (χ2n) is 4.61. The van der Waals surface area contributed by atoms with Crippen molar-refractivity contribution < 1.29 is 4.52 Å². The molecule has 0 radical (unpaired) electrons. The minimum absolute atomic E-state index is 0.350. The van der Waals surface area contributed by atoms with Crippen molar-refractivity contribution in [1.82, 2.24) is 30.1 Å². The van der Waals surface area contributed by atoms with Gasteiger partial charge in [0.05, 0.1) is 6.20 Å². The van der Waals surface area contributed by atoms with Crippen LogP contribution in [0.3, 0.4) is 0 Å². The van der Waals surface area contributed by atoms with Crippen LogP contribution >= 0.6 is 11.6 Å². The molecular weight excluding hydrogens is 304 g/mol. The van der Waals surface area contributed by atoms with Crippen LogP contribution in [0.5, 0.6) is 0 Å². The van der Waals surface area contributed by atoms with Gasteiger partial charge in [0, 0.05) is 28.2 Å². The van der Waals surface area contributed by atoms with Crippen molar-refractivity contribution >= 4 is 22.4 Å². The van der Waals surface area contributed by atoms with Gasteiger partial charge in [0.25, 0.3) is 5.89 Å². The lowest BCUT2D eigenvalue weighted by Gasteiger charge is -2.02. The molecule has 0 aliphatic carbocycles. The van der Waals surface area contributed by atoms with E-state index in [0.717, 1.165) is 10.8 Å². The van der Waals surface area contributed by atoms with E-state index in [9.17, 15) is 0 Å². The summed E-state index contributed by atoms with van der Waals surface area (Å²) in [5.74, 6) is 0.851. The Morgan fingerprint density at radius 1 is 1.14 bits per heavy atom. The van der Waals surface area contributed by atoms with Crippen LogP contribution in [-0.4, -0.2) is 30.1 Å². The van der Waals surface area contributed by atoms with Crippen molar-refractivity contribution in [2.24, 2.45) is 0 Å². The molecule has 0 unspecified atom stereocenters. The zero-order chi connectivity index (χ0) is 14.9. The summed E-state index contributed by atoms with van der Waals surface area (Å²) >= 11 is 6.20. The largest absolute Gasteiger partial charge is 0.332 e. The summed E-state index contributed by atoms with van der Waals surface area (Å²) in [6.45, 7) is 0.384. The van der Waals surface area contributed by atoms with Gasteiger partial charge in [0.2, 0.25) is 0 Å². The van der Waals surface area contributed by atoms with E-state index in [1.165, 1.54) is 0 Å². The number of halogens is 1. The predicted molar refractivity (Wildman–Crippen MR) is 79.2 cm³/mol. The number of pyridine rings is 1. The van der Waals surface area contributed by atoms with Gasteiger partial charge in [-0.05, 0) is 12.1 Å². The van der Waals surface area contributed by atoms with Crippen LogP contribution in [0.1, 0.15) is 5.82 Å². The molecular formula is C14H9ClN6O. The SMILES string of the molecule is Clc1cccc2c(-c3nc(Cn4ccnn4)no3)nccc12. The molecule has 0 aliphatic heterocycles. The van der Waals surface area contributed by atoms with Gasteiger partial charge in [-0.15, -0.1) is 5.10 Å². The number of hydrogen-bond donors (Lipinski definition) is 0. The lowest BCUT2D eigenvalue weighted by molar-refractivity contribution is 0.417. The topological polar surface area (TPSA) is 82.5 Å². The van der Waals surface area contributed by atoms with Crippen molar-refractivity contribution in [2.75, 3.05) is 0 Å². The minimum Gasteiger partial charge on any atom is -0.332 e. The van der Waals surface area contributed by atoms with E-state index >= 15 is 0 Å². The van der Waals surface area contributed by atoms with Gasteiger partial charge >= 0.3 is 0 Å². The maximum atomic E-state index is 6.20. The average molecular weight is 313 g/mol. The maximum absolute atomic E-state index is 6.20. The Morgan fingerprint density at radius 3 is 2.95 bits per heavy atom. The van der Waals surface area contributed by atoms with Gasteiger partial charge in [-0.25, -0.2) is 4.68 Å². The van der Waals surface area contributed by atoms with Gasteiger partial charge in [-0.2, -0.15) is 4.98 Å². The van der Waals surface area contributed by atoms with E-state index in [2.05, 4.69) is 25.4 Å². The van der Waals surface area contributed by atoms with E-state index in [-0.39, 0.29) is 0 Å². The smallest absolute Gasteiger partial charge is 0.277 e. The van der Waals surface area contributed by atoms with Crippen molar-refractivity contribution in [3.05, 3.63) is 53.7 Å². The summed E-state index contributed by atoms with van der Waals surface area (Å²) in [6.07, 6.45) is 4.99. The normalized spacial score (nSPS) is 11.1. The fraction of sp³-hybridized carbons (Fsp3) is 0.0714. The van der Waals surface area contributed by atoms with Crippen molar-refractivity contribution in [1.29, 1.82) is 0 Å². The molecule has 1 aromatic carbocycles. The third-order valence-corrected chi connectivity index (χ3v) is 3.53. The first-order chi connectivity index (χ1) is 10.8. The molecule has 0 saturated heterocycles. The molecule has 8 heteroatoms. The molecule has 4 rings (SSSR count). The van der Waals surface area contributed by atoms with Crippen LogP contribution in [0.4, 0.5) is 0 Å². The van der Waals surface area contributed by atoms with E-state index < -0.39 is 0 Å². The van der Waals surface area contributed by atoms with Crippen molar-refractivity contribution in [2.45, 2.75) is 6.54 Å². The van der Waals surface area contributed by atoms with Gasteiger partial charge < -0.3 is 4.52 Å². The number of hydrogen-bond acceptors (Lipinski definition) is 6. The molecule has 0 bridgehead atoms. The maximum Gasteiger partial charge on any atom is 0.277 e. The van der Waals surface area contributed by atoms with Gasteiger partial charge in [-0.3, -0.25) is 4.98 Å². The Labute approximate surface area is 129 Å². The molecule has 22 heavy (non-hydrogen) atoms. The third kappa shape index (κ3) is 2.21. The lowest BCUT2D eigenvalue weighted by Crippen LogP contribution is -2.02. The van der Waals surface area contributed by atoms with Gasteiger partial charge in [0.1, 0.15) is 12.2 Å². The van der Waals surface area contributed by atoms with E-state index in [1.807, 2.05) is 24.3 Å². The lowest BCUT2D eigenvalue weighted by atomic mass is 10.1. The highest BCUT2D eigenvalue weighted by Gasteiger charge is 2.14. The summed E-state index contributed by atoms with van der Waals surface area (Å²) < 4.78 is 6.93. The second kappa shape index (κ2) is 5.19. The van der Waals surface area contributed by atoms with Gasteiger partial charge in [0.15, 0.2) is 5.82 Å². The zero-order valence-corrected chi connectivity index (χ0v) is 12.0. The second-order valence-corrected chi connectivity index (χ2v) is 5.02. The summed E-state index contributed by atoms with van der Waals surface area (Å²) in [4.78, 5) is 8.70. The van der Waals surface area contributed by atoms with Crippen molar-refractivity contribution in [3.8, 4) is 11.6 Å². The molecule has 0 saturated carbocycles. The summed E-state index contributed by atoms with van der Waals surface area (Å²) in [6, 6.07) is 7.47. The Kier molecular flexibility index (Phi) is 3.05. The van der Waals surface area contributed by atoms with Gasteiger partial charge in [-0.1, -0.05) is 34.1 Å². The molecule has 0 atom stereocenters. The first-order valence-corrected chi connectivity index (χ1v) is 6.89. The fourth-order valence-electron chi connectivity index (χ4n) is 2.22. The number of benzene rings is 1. The summed E-state index contributed by atoms with van der Waals surface area (Å²) in [5, 5.41) is 14.0. The first-order valence-electron chi connectivity index (χ1n) is 6.51. The van der Waals surface area contributed by atoms with E-state index in [4.69, 9.17) is 16.1 Å². The van der Waals surface area contributed by atoms with Crippen LogP contribution in [0.15, 0.2) is 47.4 Å². The number of aromatic nitrogens is 6. The fourth-order valence-corrected chi connectivity index (χ4v) is 2.45. The zero-order valence-electron chi connectivity index (χ0n) is 11.2. The highest BCUT2D eigenvalue weighted by atomic mass is 35.5. The number of fused-ring (bicyclic) bond motifs is 1. The van der Waals surface area contributed by atoms with Crippen LogP contribution in [0.25, 0.3) is 22.4 Å². The van der Waals surface area contributed by atoms with Crippen LogP contribution < -0.4 is 0 Å². The predicted octanol–water partition coefficient (Wildman–Crippen LogP) is 2.58. The number of nitrogens with zero attached hydrogens (tertiary/aromatic N) is 6. The Morgan fingerprint density at radius 2 is 2.09 bits per heavy atom. The van der Waals surface area contributed by atoms with Crippen molar-refractivity contribution in [3.63, 3.8) is 0 Å². The molecule has 0 fully saturated rings. The molecule has 108 valence electrons. The Hall–Kier alpha value is -2.80. The molecule has 0 aliphatic rings. The average Bonchev–Trinajstić information content (AvgIpc) is 3.20. The Bertz CT molecular complexity index is 934. The quantitative estimate of drug-likeness (QED) is 0.578. The first kappa shape index (κ1) is 12.9.